The second kappa shape index (κ2) is 14.0. The third kappa shape index (κ3) is 7.79. The Labute approximate surface area is 215 Å². The fraction of sp³-hybridized carbons (Fsp3) is 0.484. The second-order valence-electron chi connectivity index (χ2n) is 10.2. The second-order valence-corrected chi connectivity index (χ2v) is 10.2. The zero-order valence-electron chi connectivity index (χ0n) is 21.5. The number of carboxylic acids is 2. The summed E-state index contributed by atoms with van der Waals surface area (Å²) in [4.78, 5) is 21.9. The van der Waals surface area contributed by atoms with E-state index < -0.39 is 11.9 Å². The van der Waals surface area contributed by atoms with Crippen molar-refractivity contribution in [1.29, 1.82) is 0 Å². The van der Waals surface area contributed by atoms with E-state index in [4.69, 9.17) is 10.2 Å². The number of hydrogen-bond donors (Lipinski definition) is 2. The number of carboxylic acid groups (broad SMARTS) is 2. The number of rotatable bonds is 11. The Morgan fingerprint density at radius 1 is 0.861 bits per heavy atom. The predicted octanol–water partition coefficient (Wildman–Crippen LogP) is 6.53. The van der Waals surface area contributed by atoms with Gasteiger partial charge in [0.25, 0.3) is 0 Å². The van der Waals surface area contributed by atoms with Gasteiger partial charge in [-0.1, -0.05) is 93.3 Å². The molecule has 3 heterocycles. The van der Waals surface area contributed by atoms with E-state index in [1.165, 1.54) is 82.0 Å². The van der Waals surface area contributed by atoms with Crippen molar-refractivity contribution in [2.24, 2.45) is 5.92 Å². The smallest absolute Gasteiger partial charge is 0.328 e. The number of aliphatic carboxylic acids is 2. The van der Waals surface area contributed by atoms with Gasteiger partial charge in [0.2, 0.25) is 0 Å². The molecule has 0 saturated carbocycles. The molecule has 0 aromatic heterocycles. The monoisotopic (exact) mass is 491 g/mol. The van der Waals surface area contributed by atoms with Crippen molar-refractivity contribution in [3.8, 4) is 0 Å². The van der Waals surface area contributed by atoms with Crippen LogP contribution in [0.4, 0.5) is 0 Å². The van der Waals surface area contributed by atoms with Gasteiger partial charge in [-0.3, -0.25) is 0 Å². The Morgan fingerprint density at radius 3 is 1.81 bits per heavy atom. The van der Waals surface area contributed by atoms with Gasteiger partial charge in [0.05, 0.1) is 0 Å². The van der Waals surface area contributed by atoms with E-state index in [0.29, 0.717) is 12.2 Å². The molecule has 5 nitrogen and oxygen atoms in total. The first-order valence-corrected chi connectivity index (χ1v) is 13.4. The number of benzene rings is 2. The summed E-state index contributed by atoms with van der Waals surface area (Å²) in [7, 11) is 0. The highest BCUT2D eigenvalue weighted by molar-refractivity contribution is 5.89. The van der Waals surface area contributed by atoms with E-state index in [0.717, 1.165) is 12.0 Å². The number of piperidine rings is 3. The summed E-state index contributed by atoms with van der Waals surface area (Å²) in [6.45, 7) is 4.96. The van der Waals surface area contributed by atoms with Crippen molar-refractivity contribution in [2.75, 3.05) is 13.1 Å². The van der Waals surface area contributed by atoms with E-state index >= 15 is 0 Å². The van der Waals surface area contributed by atoms with Crippen LogP contribution in [0.3, 0.4) is 0 Å². The van der Waals surface area contributed by atoms with Crippen LogP contribution in [-0.4, -0.2) is 46.2 Å². The summed E-state index contributed by atoms with van der Waals surface area (Å²) in [5.74, 6) is -1.54. The highest BCUT2D eigenvalue weighted by atomic mass is 16.4. The Kier molecular flexibility index (Phi) is 10.7. The van der Waals surface area contributed by atoms with Gasteiger partial charge in [-0.05, 0) is 62.2 Å². The van der Waals surface area contributed by atoms with Gasteiger partial charge in [0.1, 0.15) is 0 Å². The van der Waals surface area contributed by atoms with Crippen LogP contribution < -0.4 is 0 Å². The average Bonchev–Trinajstić information content (AvgIpc) is 2.91. The minimum absolute atomic E-state index is 0.151. The van der Waals surface area contributed by atoms with Crippen LogP contribution in [-0.2, 0) is 15.0 Å². The van der Waals surface area contributed by atoms with Gasteiger partial charge in [-0.25, -0.2) is 9.59 Å². The van der Waals surface area contributed by atoms with E-state index in [9.17, 15) is 9.59 Å². The van der Waals surface area contributed by atoms with Crippen LogP contribution in [0.25, 0.3) is 0 Å². The quantitative estimate of drug-likeness (QED) is 0.276. The molecule has 5 rings (SSSR count). The third-order valence-corrected chi connectivity index (χ3v) is 7.83. The van der Waals surface area contributed by atoms with E-state index in [1.54, 1.807) is 0 Å². The van der Waals surface area contributed by atoms with Gasteiger partial charge in [-0.15, -0.1) is 0 Å². The Morgan fingerprint density at radius 2 is 1.39 bits per heavy atom. The number of hydrogen-bond acceptors (Lipinski definition) is 3. The molecular weight excluding hydrogens is 450 g/mol. The number of unbranched alkanes of at least 4 members (excludes halogenated alkanes) is 3. The minimum atomic E-state index is -1.26. The van der Waals surface area contributed by atoms with E-state index in [1.807, 2.05) is 0 Å². The lowest BCUT2D eigenvalue weighted by molar-refractivity contribution is -0.134. The van der Waals surface area contributed by atoms with Crippen LogP contribution in [0.2, 0.25) is 0 Å². The molecule has 2 bridgehead atoms. The molecule has 3 fully saturated rings. The molecule has 3 aliphatic heterocycles. The highest BCUT2D eigenvalue weighted by Crippen LogP contribution is 2.45. The molecular formula is C31H41NO4. The summed E-state index contributed by atoms with van der Waals surface area (Å²) in [5, 5.41) is 15.6. The van der Waals surface area contributed by atoms with Crippen molar-refractivity contribution in [1.82, 2.24) is 4.90 Å². The molecule has 1 unspecified atom stereocenters. The lowest BCUT2D eigenvalue weighted by atomic mass is 9.65. The lowest BCUT2D eigenvalue weighted by Crippen LogP contribution is -2.51. The topological polar surface area (TPSA) is 77.8 Å². The van der Waals surface area contributed by atoms with Crippen molar-refractivity contribution < 1.29 is 19.8 Å². The number of fused-ring (bicyclic) bond motifs is 3. The van der Waals surface area contributed by atoms with Crippen LogP contribution in [0.1, 0.15) is 75.8 Å². The van der Waals surface area contributed by atoms with Crippen molar-refractivity contribution in [3.63, 3.8) is 0 Å². The molecule has 2 aromatic rings. The summed E-state index contributed by atoms with van der Waals surface area (Å²) in [5.41, 5.74) is 3.21. The van der Waals surface area contributed by atoms with Gasteiger partial charge >= 0.3 is 11.9 Å². The molecule has 36 heavy (non-hydrogen) atoms. The summed E-state index contributed by atoms with van der Waals surface area (Å²) < 4.78 is 0. The van der Waals surface area contributed by atoms with Crippen LogP contribution in [0.5, 0.6) is 0 Å². The molecule has 0 amide bonds. The Bertz CT molecular complexity index is 909. The first kappa shape index (κ1) is 27.7. The standard InChI is InChI=1S/C27H37N.C4H4O4/c1-2-3-4-11-18-27(24-12-7-5-8-13-24,25-14-9-6-10-15-25)22-26-21-23-16-19-28(26)20-17-23;5-3(6)1-2-4(7)8/h5-10,12-15,23,26H,2-4,11,16-22H2,1H3;1-2H,(H,5,6)(H,7,8). The Balaban J connectivity index is 0.000000392. The normalized spacial score (nSPS) is 21.1. The molecule has 1 atom stereocenters. The van der Waals surface area contributed by atoms with E-state index in [2.05, 4.69) is 72.5 Å². The van der Waals surface area contributed by atoms with Crippen molar-refractivity contribution >= 4 is 11.9 Å². The van der Waals surface area contributed by atoms with Gasteiger partial charge in [0.15, 0.2) is 0 Å². The third-order valence-electron chi connectivity index (χ3n) is 7.83. The zero-order chi connectivity index (χ0) is 25.8. The van der Waals surface area contributed by atoms with Crippen LogP contribution >= 0.6 is 0 Å². The summed E-state index contributed by atoms with van der Waals surface area (Å²) >= 11 is 0. The molecule has 0 aliphatic carbocycles. The molecule has 194 valence electrons. The van der Waals surface area contributed by atoms with Crippen LogP contribution in [0, 0.1) is 5.92 Å². The summed E-state index contributed by atoms with van der Waals surface area (Å²) in [6, 6.07) is 23.6. The number of carbonyl (C=O) groups is 2. The van der Waals surface area contributed by atoms with Gasteiger partial charge in [-0.2, -0.15) is 0 Å². The molecule has 2 N–H and O–H groups in total. The molecule has 0 radical (unpaired) electrons. The van der Waals surface area contributed by atoms with Crippen LogP contribution in [0.15, 0.2) is 72.8 Å². The molecule has 3 aliphatic rings. The Hall–Kier alpha value is -2.92. The predicted molar refractivity (Wildman–Crippen MR) is 144 cm³/mol. The minimum Gasteiger partial charge on any atom is -0.478 e. The maximum Gasteiger partial charge on any atom is 0.328 e. The SMILES string of the molecule is CCCCCCC(CC1CC2CCN1CC2)(c1ccccc1)c1ccccc1.O=C(O)C=CC(=O)O. The summed E-state index contributed by atoms with van der Waals surface area (Å²) in [6.07, 6.45) is 13.3. The maximum atomic E-state index is 9.55. The first-order valence-electron chi connectivity index (χ1n) is 13.4. The lowest BCUT2D eigenvalue weighted by Gasteiger charge is -2.49. The van der Waals surface area contributed by atoms with Gasteiger partial charge in [0, 0.05) is 23.6 Å². The zero-order valence-corrected chi connectivity index (χ0v) is 21.5. The molecule has 3 saturated heterocycles. The van der Waals surface area contributed by atoms with Crippen molar-refractivity contribution in [3.05, 3.63) is 83.9 Å². The number of nitrogens with zero attached hydrogens (tertiary/aromatic N) is 1. The largest absolute Gasteiger partial charge is 0.478 e. The van der Waals surface area contributed by atoms with Gasteiger partial charge < -0.3 is 15.1 Å². The first-order chi connectivity index (χ1) is 17.4. The van der Waals surface area contributed by atoms with Crippen molar-refractivity contribution in [2.45, 2.75) is 76.2 Å². The molecule has 0 spiro atoms. The van der Waals surface area contributed by atoms with E-state index in [-0.39, 0.29) is 5.41 Å². The highest BCUT2D eigenvalue weighted by Gasteiger charge is 2.41. The maximum absolute atomic E-state index is 9.55. The average molecular weight is 492 g/mol. The fourth-order valence-corrected chi connectivity index (χ4v) is 6.01. The molecule has 5 heteroatoms. The fourth-order valence-electron chi connectivity index (χ4n) is 6.01. The molecule has 2 aromatic carbocycles.